The Morgan fingerprint density at radius 2 is 1.42 bits per heavy atom. The third-order valence-corrected chi connectivity index (χ3v) is 14.9. The number of aliphatic carboxylic acids is 1. The summed E-state index contributed by atoms with van der Waals surface area (Å²) in [5.41, 5.74) is -0.0205. The van der Waals surface area contributed by atoms with Crippen LogP contribution in [0.15, 0.2) is 11.6 Å². The Labute approximate surface area is 299 Å². The van der Waals surface area contributed by atoms with Gasteiger partial charge in [0.05, 0.1) is 31.8 Å². The van der Waals surface area contributed by atoms with Crippen LogP contribution in [0.3, 0.4) is 0 Å². The Kier molecular flexibility index (Phi) is 11.6. The Morgan fingerprint density at radius 1 is 0.780 bits per heavy atom. The summed E-state index contributed by atoms with van der Waals surface area (Å²) in [6, 6.07) is 0. The second-order valence-corrected chi connectivity index (χ2v) is 18.0. The smallest absolute Gasteiger partial charge is 0.332 e. The van der Waals surface area contributed by atoms with Crippen LogP contribution in [0.25, 0.3) is 0 Å². The van der Waals surface area contributed by atoms with Gasteiger partial charge in [-0.2, -0.15) is 0 Å². The lowest BCUT2D eigenvalue weighted by molar-refractivity contribution is -0.228. The highest BCUT2D eigenvalue weighted by molar-refractivity contribution is 5.76. The number of carboxylic acid groups (broad SMARTS) is 1. The van der Waals surface area contributed by atoms with Crippen molar-refractivity contribution in [3.8, 4) is 0 Å². The number of hydrogen-bond donors (Lipinski definition) is 1. The first-order chi connectivity index (χ1) is 23.5. The van der Waals surface area contributed by atoms with Gasteiger partial charge in [-0.25, -0.2) is 9.59 Å². The van der Waals surface area contributed by atoms with Crippen molar-refractivity contribution in [3.63, 3.8) is 0 Å². The van der Waals surface area contributed by atoms with Gasteiger partial charge in [0.25, 0.3) is 0 Å². The average molecular weight is 705 g/mol. The van der Waals surface area contributed by atoms with E-state index in [1.807, 2.05) is 0 Å². The Morgan fingerprint density at radius 3 is 2.06 bits per heavy atom. The summed E-state index contributed by atoms with van der Waals surface area (Å²) in [6.07, 6.45) is 10.6. The summed E-state index contributed by atoms with van der Waals surface area (Å²) < 4.78 is 33.2. The van der Waals surface area contributed by atoms with Crippen LogP contribution in [-0.4, -0.2) is 89.6 Å². The van der Waals surface area contributed by atoms with Crippen LogP contribution in [0, 0.1) is 50.2 Å². The highest BCUT2D eigenvalue weighted by atomic mass is 16.6. The van der Waals surface area contributed by atoms with Gasteiger partial charge in [-0.15, -0.1) is 0 Å². The number of hydrogen-bond acceptors (Lipinski definition) is 9. The number of carbonyl (C=O) groups is 3. The van der Waals surface area contributed by atoms with Gasteiger partial charge in [0.1, 0.15) is 25.9 Å². The maximum atomic E-state index is 13.1. The second-order valence-electron chi connectivity index (χ2n) is 18.0. The molecule has 1 unspecified atom stereocenters. The molecule has 10 heteroatoms. The number of ether oxygens (including phenoxy) is 6. The van der Waals surface area contributed by atoms with E-state index < -0.39 is 34.8 Å². The highest BCUT2D eigenvalue weighted by Crippen LogP contribution is 2.76. The molecule has 0 radical (unpaired) electrons. The van der Waals surface area contributed by atoms with Crippen LogP contribution in [0.2, 0.25) is 0 Å². The van der Waals surface area contributed by atoms with Crippen molar-refractivity contribution in [3.05, 3.63) is 11.6 Å². The normalized spacial score (nSPS) is 40.3. The third kappa shape index (κ3) is 6.80. The van der Waals surface area contributed by atoms with Crippen LogP contribution in [-0.2, 0) is 42.8 Å². The number of rotatable bonds is 14. The minimum absolute atomic E-state index is 0.0277. The van der Waals surface area contributed by atoms with E-state index >= 15 is 0 Å². The zero-order valence-electron chi connectivity index (χ0n) is 32.0. The molecule has 9 atom stereocenters. The van der Waals surface area contributed by atoms with E-state index in [1.54, 1.807) is 14.2 Å². The van der Waals surface area contributed by atoms with Crippen molar-refractivity contribution in [1.82, 2.24) is 0 Å². The minimum Gasteiger partial charge on any atom is -0.481 e. The maximum Gasteiger partial charge on any atom is 0.332 e. The first kappa shape index (κ1) is 39.2. The number of allylic oxidation sites excluding steroid dienone is 2. The van der Waals surface area contributed by atoms with Crippen molar-refractivity contribution < 1.29 is 47.9 Å². The highest BCUT2D eigenvalue weighted by Gasteiger charge is 2.70. The van der Waals surface area contributed by atoms with Gasteiger partial charge < -0.3 is 33.5 Å². The summed E-state index contributed by atoms with van der Waals surface area (Å²) in [5, 5.41) is 10.7. The van der Waals surface area contributed by atoms with Crippen molar-refractivity contribution >= 4 is 17.9 Å². The molecule has 50 heavy (non-hydrogen) atoms. The predicted octanol–water partition coefficient (Wildman–Crippen LogP) is 6.63. The first-order valence-corrected chi connectivity index (χ1v) is 19.0. The van der Waals surface area contributed by atoms with E-state index in [9.17, 15) is 19.5 Å². The fourth-order valence-corrected chi connectivity index (χ4v) is 11.9. The topological polar surface area (TPSA) is 127 Å². The summed E-state index contributed by atoms with van der Waals surface area (Å²) in [4.78, 5) is 39.0. The lowest BCUT2D eigenvalue weighted by Gasteiger charge is -2.71. The van der Waals surface area contributed by atoms with Crippen molar-refractivity contribution in [2.75, 3.05) is 60.5 Å². The van der Waals surface area contributed by atoms with E-state index in [1.165, 1.54) is 5.57 Å². The molecule has 0 heterocycles. The minimum atomic E-state index is -0.671. The Bertz CT molecular complexity index is 1290. The van der Waals surface area contributed by atoms with Crippen LogP contribution < -0.4 is 0 Å². The molecule has 5 aliphatic carbocycles. The van der Waals surface area contributed by atoms with Crippen LogP contribution in [0.4, 0.5) is 0 Å². The molecule has 5 aliphatic rings. The van der Waals surface area contributed by atoms with Crippen molar-refractivity contribution in [2.24, 2.45) is 50.2 Å². The molecule has 0 bridgehead atoms. The summed E-state index contributed by atoms with van der Waals surface area (Å²) in [7, 11) is 3.17. The molecule has 0 aliphatic heterocycles. The van der Waals surface area contributed by atoms with E-state index in [4.69, 9.17) is 28.4 Å². The number of carbonyl (C=O) groups excluding carboxylic acids is 2. The molecular weight excluding hydrogens is 640 g/mol. The van der Waals surface area contributed by atoms with Crippen LogP contribution >= 0.6 is 0 Å². The van der Waals surface area contributed by atoms with Gasteiger partial charge in [0, 0.05) is 19.6 Å². The largest absolute Gasteiger partial charge is 0.481 e. The molecule has 0 spiro atoms. The fourth-order valence-electron chi connectivity index (χ4n) is 11.9. The Hall–Kier alpha value is -2.01. The van der Waals surface area contributed by atoms with E-state index in [0.29, 0.717) is 38.8 Å². The number of methoxy groups -OCH3 is 2. The van der Waals surface area contributed by atoms with Gasteiger partial charge in [0.2, 0.25) is 0 Å². The lowest BCUT2D eigenvalue weighted by Crippen LogP contribution is -2.66. The van der Waals surface area contributed by atoms with Gasteiger partial charge in [-0.1, -0.05) is 53.2 Å². The second kappa shape index (κ2) is 14.8. The number of fused-ring (bicyclic) bond motifs is 7. The molecular formula is C40H64O10. The number of carboxylic acids is 1. The van der Waals surface area contributed by atoms with Crippen molar-refractivity contribution in [2.45, 2.75) is 112 Å². The van der Waals surface area contributed by atoms with E-state index in [0.717, 1.165) is 57.8 Å². The fraction of sp³-hybridized carbons (Fsp3) is 0.875. The van der Waals surface area contributed by atoms with Crippen LogP contribution in [0.5, 0.6) is 0 Å². The summed E-state index contributed by atoms with van der Waals surface area (Å²) in [5.74, 6) is -0.949. The third-order valence-electron chi connectivity index (χ3n) is 14.9. The van der Waals surface area contributed by atoms with Crippen LogP contribution in [0.1, 0.15) is 106 Å². The molecule has 1 N–H and O–H groups in total. The number of esters is 2. The summed E-state index contributed by atoms with van der Waals surface area (Å²) >= 11 is 0. The van der Waals surface area contributed by atoms with Gasteiger partial charge in [-0.3, -0.25) is 4.79 Å². The molecule has 0 amide bonds. The lowest BCUT2D eigenvalue weighted by atomic mass is 9.33. The molecule has 0 saturated heterocycles. The molecule has 5 rings (SSSR count). The molecule has 4 fully saturated rings. The van der Waals surface area contributed by atoms with E-state index in [-0.39, 0.29) is 53.3 Å². The summed E-state index contributed by atoms with van der Waals surface area (Å²) in [6.45, 7) is 15.3. The predicted molar refractivity (Wildman–Crippen MR) is 187 cm³/mol. The molecule has 284 valence electrons. The van der Waals surface area contributed by atoms with Gasteiger partial charge in [-0.05, 0) is 104 Å². The van der Waals surface area contributed by atoms with E-state index in [2.05, 4.69) is 47.6 Å². The quantitative estimate of drug-likeness (QED) is 0.120. The molecule has 0 aromatic carbocycles. The zero-order chi connectivity index (χ0) is 36.6. The molecule has 10 nitrogen and oxygen atoms in total. The SMILES string of the molecule is COCCOCC(=O)OCC1(C)[C@@H](OC(=O)COCCOC)CC[C@]2(C)[C@H]3CC=C4[C@@H]5CC(C)(C)CC[C@]5(C(=O)O)CC[C@@]4(C)[C@]3(C)CC[C@@H]12. The monoisotopic (exact) mass is 704 g/mol. The van der Waals surface area contributed by atoms with Crippen molar-refractivity contribution in [1.29, 1.82) is 0 Å². The molecule has 0 aromatic heterocycles. The molecule has 4 saturated carbocycles. The standard InChI is InChI=1S/C40H64O10/c1-35(2)15-17-40(34(43)44)18-16-38(5)27(28(40)23-35)9-10-30-36(3)13-12-31(50-33(42)25-48-22-20-46-8)37(4,29(36)11-14-39(30,38)6)26-49-32(41)24-47-21-19-45-7/h9,28-31H,10-26H2,1-8H3,(H,43,44)/t28-,29+,30+,31-,36-,37?,38+,39+,40-/m0/s1. The zero-order valence-corrected chi connectivity index (χ0v) is 32.0. The Balaban J connectivity index is 1.44. The van der Waals surface area contributed by atoms with Gasteiger partial charge in [0.15, 0.2) is 0 Å². The average Bonchev–Trinajstić information content (AvgIpc) is 3.05. The molecule has 0 aromatic rings. The maximum absolute atomic E-state index is 13.1. The van der Waals surface area contributed by atoms with Gasteiger partial charge >= 0.3 is 17.9 Å². The first-order valence-electron chi connectivity index (χ1n) is 19.0.